The third-order valence-electron chi connectivity index (χ3n) is 5.97. The molecule has 6 heteroatoms. The second-order valence-corrected chi connectivity index (χ2v) is 7.84. The minimum Gasteiger partial charge on any atom is -0.444 e. The quantitative estimate of drug-likeness (QED) is 0.739. The van der Waals surface area contributed by atoms with Crippen LogP contribution in [0.4, 0.5) is 5.82 Å². The molecule has 5 rings (SSSR count). The van der Waals surface area contributed by atoms with E-state index in [2.05, 4.69) is 25.8 Å². The van der Waals surface area contributed by atoms with E-state index in [9.17, 15) is 0 Å². The van der Waals surface area contributed by atoms with Crippen molar-refractivity contribution in [1.29, 1.82) is 0 Å². The molecule has 0 saturated carbocycles. The number of piperidine rings is 1. The van der Waals surface area contributed by atoms with E-state index in [1.807, 2.05) is 36.4 Å². The van der Waals surface area contributed by atoms with E-state index in [4.69, 9.17) is 10.2 Å². The molecule has 2 N–H and O–H groups in total. The molecule has 144 valence electrons. The number of fused-ring (bicyclic) bond motifs is 1. The summed E-state index contributed by atoms with van der Waals surface area (Å²) < 4.78 is 5.69. The van der Waals surface area contributed by atoms with Crippen LogP contribution < -0.4 is 5.73 Å². The van der Waals surface area contributed by atoms with Gasteiger partial charge in [-0.05, 0) is 30.5 Å². The van der Waals surface area contributed by atoms with Gasteiger partial charge in [0.15, 0.2) is 0 Å². The molecule has 2 fully saturated rings. The number of hydrogen-bond donors (Lipinski definition) is 1. The first kappa shape index (κ1) is 17.4. The zero-order chi connectivity index (χ0) is 18.9. The van der Waals surface area contributed by atoms with Crippen LogP contribution in [0.3, 0.4) is 0 Å². The maximum absolute atomic E-state index is 6.00. The molecule has 2 saturated heterocycles. The summed E-state index contributed by atoms with van der Waals surface area (Å²) in [5, 5.41) is 0. The number of benzene rings is 1. The molecule has 28 heavy (non-hydrogen) atoms. The first-order valence-electron chi connectivity index (χ1n) is 9.92. The third kappa shape index (κ3) is 3.41. The Balaban J connectivity index is 1.16. The number of pyridine rings is 1. The van der Waals surface area contributed by atoms with Gasteiger partial charge in [-0.15, -0.1) is 0 Å². The van der Waals surface area contributed by atoms with E-state index >= 15 is 0 Å². The number of anilines is 1. The fraction of sp³-hybridized carbons (Fsp3) is 0.364. The minimum absolute atomic E-state index is 0.652. The summed E-state index contributed by atoms with van der Waals surface area (Å²) in [5.74, 6) is 2.09. The van der Waals surface area contributed by atoms with Gasteiger partial charge in [0.05, 0.1) is 5.69 Å². The van der Waals surface area contributed by atoms with Gasteiger partial charge in [-0.3, -0.25) is 9.80 Å². The Kier molecular flexibility index (Phi) is 4.58. The second-order valence-electron chi connectivity index (χ2n) is 7.84. The molecule has 0 spiro atoms. The van der Waals surface area contributed by atoms with Gasteiger partial charge in [-0.1, -0.05) is 24.3 Å². The topological polar surface area (TPSA) is 71.4 Å². The van der Waals surface area contributed by atoms with Crippen LogP contribution in [0.25, 0.3) is 11.5 Å². The van der Waals surface area contributed by atoms with Gasteiger partial charge in [0, 0.05) is 56.1 Å². The summed E-state index contributed by atoms with van der Waals surface area (Å²) in [7, 11) is 0. The highest BCUT2D eigenvalue weighted by Crippen LogP contribution is 2.34. The van der Waals surface area contributed by atoms with Crippen LogP contribution in [0.5, 0.6) is 0 Å². The monoisotopic (exact) mass is 375 g/mol. The molecule has 6 nitrogen and oxygen atoms in total. The van der Waals surface area contributed by atoms with Crippen LogP contribution in [-0.4, -0.2) is 45.4 Å². The van der Waals surface area contributed by atoms with Crippen LogP contribution in [0, 0.1) is 5.92 Å². The van der Waals surface area contributed by atoms with Crippen LogP contribution >= 0.6 is 0 Å². The highest BCUT2D eigenvalue weighted by atomic mass is 16.3. The standard InChI is InChI=1S/C22H25N5O/c23-21-17(7-4-9-24-21)11-26-10-8-20-18(12-26)13-27(20)14-19-15-28-22(25-19)16-5-2-1-3-6-16/h1-7,9,15,18,20H,8,10-14H2,(H2,23,24)/t18-,20-/m0/s1. The smallest absolute Gasteiger partial charge is 0.226 e. The van der Waals surface area contributed by atoms with Crippen molar-refractivity contribution < 1.29 is 4.42 Å². The number of oxazole rings is 1. The molecule has 0 unspecified atom stereocenters. The maximum atomic E-state index is 6.00. The molecule has 2 aromatic heterocycles. The van der Waals surface area contributed by atoms with Crippen LogP contribution in [0.2, 0.25) is 0 Å². The van der Waals surface area contributed by atoms with Crippen molar-refractivity contribution in [2.45, 2.75) is 25.6 Å². The summed E-state index contributed by atoms with van der Waals surface area (Å²) >= 11 is 0. The van der Waals surface area contributed by atoms with E-state index in [0.29, 0.717) is 17.8 Å². The summed E-state index contributed by atoms with van der Waals surface area (Å²) in [6.07, 6.45) is 4.74. The van der Waals surface area contributed by atoms with Gasteiger partial charge in [0.2, 0.25) is 5.89 Å². The third-order valence-corrected chi connectivity index (χ3v) is 5.97. The zero-order valence-corrected chi connectivity index (χ0v) is 15.9. The van der Waals surface area contributed by atoms with Crippen LogP contribution in [-0.2, 0) is 13.1 Å². The molecular weight excluding hydrogens is 350 g/mol. The summed E-state index contributed by atoms with van der Waals surface area (Å²) in [5.41, 5.74) is 9.18. The number of nitrogens with zero attached hydrogens (tertiary/aromatic N) is 4. The Labute approximate surface area is 165 Å². The van der Waals surface area contributed by atoms with Crippen molar-refractivity contribution >= 4 is 5.82 Å². The first-order valence-corrected chi connectivity index (χ1v) is 9.92. The number of nitrogen functional groups attached to an aromatic ring is 1. The molecule has 0 aliphatic carbocycles. The summed E-state index contributed by atoms with van der Waals surface area (Å²) in [6, 6.07) is 14.8. The fourth-order valence-corrected chi connectivity index (χ4v) is 4.51. The van der Waals surface area contributed by atoms with Gasteiger partial charge in [0.25, 0.3) is 0 Å². The van der Waals surface area contributed by atoms with Gasteiger partial charge < -0.3 is 10.2 Å². The zero-order valence-electron chi connectivity index (χ0n) is 15.9. The van der Waals surface area contributed by atoms with Crippen molar-refractivity contribution in [3.63, 3.8) is 0 Å². The Bertz CT molecular complexity index is 941. The van der Waals surface area contributed by atoms with Crippen LogP contribution in [0.15, 0.2) is 59.3 Å². The predicted molar refractivity (Wildman–Crippen MR) is 108 cm³/mol. The van der Waals surface area contributed by atoms with Gasteiger partial charge in [0.1, 0.15) is 12.1 Å². The fourth-order valence-electron chi connectivity index (χ4n) is 4.51. The first-order chi connectivity index (χ1) is 13.8. The molecular formula is C22H25N5O. The Morgan fingerprint density at radius 3 is 2.79 bits per heavy atom. The molecule has 3 aromatic rings. The molecule has 2 aliphatic heterocycles. The lowest BCUT2D eigenvalue weighted by Gasteiger charge is -2.53. The lowest BCUT2D eigenvalue weighted by Crippen LogP contribution is -2.62. The molecule has 0 bridgehead atoms. The van der Waals surface area contributed by atoms with E-state index in [-0.39, 0.29) is 0 Å². The van der Waals surface area contributed by atoms with Gasteiger partial charge in [-0.25, -0.2) is 9.97 Å². The average Bonchev–Trinajstić information content (AvgIpc) is 3.18. The van der Waals surface area contributed by atoms with Crippen molar-refractivity contribution in [1.82, 2.24) is 19.8 Å². The lowest BCUT2D eigenvalue weighted by atomic mass is 9.82. The van der Waals surface area contributed by atoms with Crippen molar-refractivity contribution in [3.8, 4) is 11.5 Å². The molecule has 4 heterocycles. The van der Waals surface area contributed by atoms with Crippen molar-refractivity contribution in [2.75, 3.05) is 25.4 Å². The maximum Gasteiger partial charge on any atom is 0.226 e. The molecule has 0 amide bonds. The molecule has 0 radical (unpaired) electrons. The Morgan fingerprint density at radius 2 is 1.96 bits per heavy atom. The predicted octanol–water partition coefficient (Wildman–Crippen LogP) is 3.03. The van der Waals surface area contributed by atoms with E-state index in [1.54, 1.807) is 12.5 Å². The highest BCUT2D eigenvalue weighted by Gasteiger charge is 2.42. The SMILES string of the molecule is Nc1ncccc1CN1CC[C@H]2[C@@H](C1)CN2Cc1coc(-c2ccccc2)n1. The van der Waals surface area contributed by atoms with E-state index in [1.165, 1.54) is 6.42 Å². The highest BCUT2D eigenvalue weighted by molar-refractivity contribution is 5.52. The number of aromatic nitrogens is 2. The van der Waals surface area contributed by atoms with E-state index < -0.39 is 0 Å². The van der Waals surface area contributed by atoms with Gasteiger partial charge >= 0.3 is 0 Å². The Hall–Kier alpha value is -2.70. The lowest BCUT2D eigenvalue weighted by molar-refractivity contribution is -0.0512. The van der Waals surface area contributed by atoms with E-state index in [0.717, 1.165) is 55.5 Å². The summed E-state index contributed by atoms with van der Waals surface area (Å²) in [6.45, 7) is 5.11. The number of hydrogen-bond acceptors (Lipinski definition) is 6. The summed E-state index contributed by atoms with van der Waals surface area (Å²) in [4.78, 5) is 13.9. The number of likely N-dealkylation sites (tertiary alicyclic amines) is 2. The molecule has 2 aliphatic rings. The van der Waals surface area contributed by atoms with Crippen molar-refractivity contribution in [2.24, 2.45) is 5.92 Å². The normalized spacial score (nSPS) is 22.6. The number of rotatable bonds is 5. The Morgan fingerprint density at radius 1 is 1.07 bits per heavy atom. The van der Waals surface area contributed by atoms with Crippen molar-refractivity contribution in [3.05, 3.63) is 66.2 Å². The average molecular weight is 375 g/mol. The minimum atomic E-state index is 0.652. The second kappa shape index (κ2) is 7.37. The van der Waals surface area contributed by atoms with Crippen LogP contribution in [0.1, 0.15) is 17.7 Å². The largest absolute Gasteiger partial charge is 0.444 e. The number of nitrogens with two attached hydrogens (primary N) is 1. The molecule has 1 aromatic carbocycles. The molecule has 2 atom stereocenters. The van der Waals surface area contributed by atoms with Gasteiger partial charge in [-0.2, -0.15) is 0 Å².